The van der Waals surface area contributed by atoms with Crippen LogP contribution in [0.2, 0.25) is 0 Å². The number of hydrogen-bond acceptors (Lipinski definition) is 4. The molecule has 0 bridgehead atoms. The fraction of sp³-hybridized carbons (Fsp3) is 0.688. The Morgan fingerprint density at radius 3 is 2.90 bits per heavy atom. The lowest BCUT2D eigenvalue weighted by Gasteiger charge is -2.32. The molecule has 2 aliphatic rings. The van der Waals surface area contributed by atoms with Gasteiger partial charge in [-0.1, -0.05) is 12.1 Å². The van der Waals surface area contributed by atoms with E-state index in [0.29, 0.717) is 31.0 Å². The number of aromatic nitrogens is 1. The molecule has 1 unspecified atom stereocenters. The van der Waals surface area contributed by atoms with Crippen LogP contribution in [0.5, 0.6) is 0 Å². The smallest absolute Gasteiger partial charge is 0.222 e. The van der Waals surface area contributed by atoms with E-state index in [1.165, 1.54) is 0 Å². The Kier molecular flexibility index (Phi) is 4.08. The summed E-state index contributed by atoms with van der Waals surface area (Å²) in [6.07, 6.45) is 5.26. The van der Waals surface area contributed by atoms with Crippen molar-refractivity contribution in [3.63, 3.8) is 0 Å². The van der Waals surface area contributed by atoms with Crippen LogP contribution in [0, 0.1) is 5.92 Å². The number of amides is 1. The predicted octanol–water partition coefficient (Wildman–Crippen LogP) is 2.77. The number of hydrogen-bond donors (Lipinski definition) is 0. The third-order valence-electron chi connectivity index (χ3n) is 4.44. The molecule has 1 aromatic heterocycles. The highest BCUT2D eigenvalue weighted by atomic mass is 16.5. The molecule has 114 valence electrons. The van der Waals surface area contributed by atoms with Crippen molar-refractivity contribution in [3.05, 3.63) is 17.5 Å². The standard InChI is InChI=1S/C16H22N2O3/c1-2-16(20)18-7-3-4-11(10-18)8-14(19)13-9-15(21-17-13)12-5-6-12/h9,11-12H,2-8,10H2,1H3. The molecule has 1 saturated heterocycles. The molecule has 0 aromatic carbocycles. The zero-order valence-electron chi connectivity index (χ0n) is 12.5. The molecule has 1 amide bonds. The van der Waals surface area contributed by atoms with Crippen molar-refractivity contribution in [1.29, 1.82) is 0 Å². The second kappa shape index (κ2) is 6.00. The van der Waals surface area contributed by atoms with Crippen molar-refractivity contribution in [2.75, 3.05) is 13.1 Å². The number of likely N-dealkylation sites (tertiary alicyclic amines) is 1. The molecule has 21 heavy (non-hydrogen) atoms. The van der Waals surface area contributed by atoms with Crippen LogP contribution < -0.4 is 0 Å². The molecule has 2 heterocycles. The Morgan fingerprint density at radius 2 is 2.19 bits per heavy atom. The molecule has 1 saturated carbocycles. The van der Waals surface area contributed by atoms with E-state index in [-0.39, 0.29) is 17.6 Å². The quantitative estimate of drug-likeness (QED) is 0.782. The first kappa shape index (κ1) is 14.3. The number of Topliss-reactive ketones (excluding diaryl/α,β-unsaturated/α-hetero) is 1. The Hall–Kier alpha value is -1.65. The molecule has 2 fully saturated rings. The minimum Gasteiger partial charge on any atom is -0.360 e. The van der Waals surface area contributed by atoms with Gasteiger partial charge in [-0.15, -0.1) is 0 Å². The van der Waals surface area contributed by atoms with Gasteiger partial charge < -0.3 is 9.42 Å². The minimum atomic E-state index is 0.0430. The number of ketones is 1. The molecule has 1 aromatic rings. The topological polar surface area (TPSA) is 63.4 Å². The van der Waals surface area contributed by atoms with Gasteiger partial charge in [0.25, 0.3) is 0 Å². The molecular formula is C16H22N2O3. The second-order valence-corrected chi connectivity index (χ2v) is 6.22. The Labute approximate surface area is 124 Å². The maximum Gasteiger partial charge on any atom is 0.222 e. The molecule has 1 atom stereocenters. The normalized spacial score (nSPS) is 22.3. The highest BCUT2D eigenvalue weighted by molar-refractivity contribution is 5.94. The number of carbonyl (C=O) groups is 2. The summed E-state index contributed by atoms with van der Waals surface area (Å²) in [5.41, 5.74) is 0.454. The molecular weight excluding hydrogens is 268 g/mol. The van der Waals surface area contributed by atoms with Gasteiger partial charge in [0.15, 0.2) is 5.78 Å². The van der Waals surface area contributed by atoms with Crippen LogP contribution >= 0.6 is 0 Å². The first-order chi connectivity index (χ1) is 10.2. The number of piperidine rings is 1. The molecule has 0 radical (unpaired) electrons. The largest absolute Gasteiger partial charge is 0.360 e. The van der Waals surface area contributed by atoms with Gasteiger partial charge in [0.1, 0.15) is 11.5 Å². The maximum atomic E-state index is 12.3. The fourth-order valence-electron chi connectivity index (χ4n) is 3.03. The van der Waals surface area contributed by atoms with E-state index in [2.05, 4.69) is 5.16 Å². The van der Waals surface area contributed by atoms with Crippen molar-refractivity contribution in [3.8, 4) is 0 Å². The average Bonchev–Trinajstić information content (AvgIpc) is 3.23. The highest BCUT2D eigenvalue weighted by Crippen LogP contribution is 2.40. The summed E-state index contributed by atoms with van der Waals surface area (Å²) in [5, 5.41) is 3.91. The fourth-order valence-corrected chi connectivity index (χ4v) is 3.03. The summed E-state index contributed by atoms with van der Waals surface area (Å²) >= 11 is 0. The van der Waals surface area contributed by atoms with Crippen LogP contribution in [0.1, 0.15) is 67.6 Å². The van der Waals surface area contributed by atoms with Gasteiger partial charge in [-0.2, -0.15) is 0 Å². The second-order valence-electron chi connectivity index (χ2n) is 6.22. The van der Waals surface area contributed by atoms with Crippen molar-refractivity contribution < 1.29 is 14.1 Å². The van der Waals surface area contributed by atoms with Crippen molar-refractivity contribution in [1.82, 2.24) is 10.1 Å². The van der Waals surface area contributed by atoms with Gasteiger partial charge >= 0.3 is 0 Å². The SMILES string of the molecule is CCC(=O)N1CCCC(CC(=O)c2cc(C3CC3)on2)C1. The number of carbonyl (C=O) groups excluding carboxylic acids is 2. The Bertz CT molecular complexity index is 533. The molecule has 0 spiro atoms. The Balaban J connectivity index is 1.57. The summed E-state index contributed by atoms with van der Waals surface area (Å²) in [5.74, 6) is 1.81. The van der Waals surface area contributed by atoms with Crippen molar-refractivity contribution in [2.24, 2.45) is 5.92 Å². The van der Waals surface area contributed by atoms with Crippen LogP contribution in [-0.2, 0) is 4.79 Å². The summed E-state index contributed by atoms with van der Waals surface area (Å²) in [4.78, 5) is 25.9. The zero-order valence-corrected chi connectivity index (χ0v) is 12.5. The summed E-state index contributed by atoms with van der Waals surface area (Å²) in [6.45, 7) is 3.41. The van der Waals surface area contributed by atoms with Gasteiger partial charge in [-0.3, -0.25) is 9.59 Å². The van der Waals surface area contributed by atoms with Crippen LogP contribution in [0.15, 0.2) is 10.6 Å². The summed E-state index contributed by atoms with van der Waals surface area (Å²) in [7, 11) is 0. The summed E-state index contributed by atoms with van der Waals surface area (Å²) < 4.78 is 5.24. The van der Waals surface area contributed by atoms with Crippen LogP contribution in [0.25, 0.3) is 0 Å². The molecule has 1 aliphatic carbocycles. The average molecular weight is 290 g/mol. The van der Waals surface area contributed by atoms with E-state index in [0.717, 1.165) is 38.0 Å². The van der Waals surface area contributed by atoms with Crippen LogP contribution in [-0.4, -0.2) is 34.8 Å². The number of nitrogens with zero attached hydrogens (tertiary/aromatic N) is 2. The predicted molar refractivity (Wildman–Crippen MR) is 77.0 cm³/mol. The maximum absolute atomic E-state index is 12.3. The molecule has 5 heteroatoms. The third-order valence-corrected chi connectivity index (χ3v) is 4.44. The third kappa shape index (κ3) is 3.34. The lowest BCUT2D eigenvalue weighted by Crippen LogP contribution is -2.40. The van der Waals surface area contributed by atoms with E-state index in [4.69, 9.17) is 4.52 Å². The monoisotopic (exact) mass is 290 g/mol. The lowest BCUT2D eigenvalue weighted by molar-refractivity contribution is -0.132. The minimum absolute atomic E-state index is 0.0430. The van der Waals surface area contributed by atoms with E-state index in [9.17, 15) is 9.59 Å². The molecule has 1 aliphatic heterocycles. The van der Waals surface area contributed by atoms with E-state index < -0.39 is 0 Å². The Morgan fingerprint density at radius 1 is 1.38 bits per heavy atom. The first-order valence-corrected chi connectivity index (χ1v) is 7.95. The van der Waals surface area contributed by atoms with E-state index in [1.807, 2.05) is 11.8 Å². The van der Waals surface area contributed by atoms with E-state index in [1.54, 1.807) is 6.07 Å². The number of rotatable bonds is 5. The molecule has 0 N–H and O–H groups in total. The lowest BCUT2D eigenvalue weighted by atomic mass is 9.92. The zero-order chi connectivity index (χ0) is 14.8. The van der Waals surface area contributed by atoms with Gasteiger partial charge in [0, 0.05) is 37.9 Å². The van der Waals surface area contributed by atoms with Gasteiger partial charge in [0.05, 0.1) is 0 Å². The van der Waals surface area contributed by atoms with Gasteiger partial charge in [0.2, 0.25) is 5.91 Å². The van der Waals surface area contributed by atoms with Crippen LogP contribution in [0.4, 0.5) is 0 Å². The first-order valence-electron chi connectivity index (χ1n) is 7.95. The van der Waals surface area contributed by atoms with Gasteiger partial charge in [-0.05, 0) is 31.6 Å². The van der Waals surface area contributed by atoms with Gasteiger partial charge in [-0.25, -0.2) is 0 Å². The van der Waals surface area contributed by atoms with Crippen molar-refractivity contribution in [2.45, 2.75) is 51.4 Å². The van der Waals surface area contributed by atoms with E-state index >= 15 is 0 Å². The van der Waals surface area contributed by atoms with Crippen LogP contribution in [0.3, 0.4) is 0 Å². The molecule has 5 nitrogen and oxygen atoms in total. The van der Waals surface area contributed by atoms with Crippen molar-refractivity contribution >= 4 is 11.7 Å². The highest BCUT2D eigenvalue weighted by Gasteiger charge is 2.30. The molecule has 3 rings (SSSR count). The summed E-state index contributed by atoms with van der Waals surface area (Å²) in [6, 6.07) is 1.80.